The summed E-state index contributed by atoms with van der Waals surface area (Å²) in [6, 6.07) is 24.7. The molecule has 2 aliphatic carbocycles. The molecule has 0 saturated heterocycles. The molecule has 2 fully saturated rings. The zero-order valence-electron chi connectivity index (χ0n) is 17.2. The predicted molar refractivity (Wildman–Crippen MR) is 126 cm³/mol. The quantitative estimate of drug-likeness (QED) is 0.477. The van der Waals surface area contributed by atoms with Crippen LogP contribution in [0.5, 0.6) is 0 Å². The number of carbonyl (C=O) groups is 1. The van der Waals surface area contributed by atoms with E-state index in [2.05, 4.69) is 53.1 Å². The second-order valence-corrected chi connectivity index (χ2v) is 9.61. The predicted octanol–water partition coefficient (Wildman–Crippen LogP) is 6.89. The minimum absolute atomic E-state index is 0.110. The Hall–Kier alpha value is -2.78. The monoisotopic (exact) mass is 428 g/mol. The van der Waals surface area contributed by atoms with E-state index in [1.807, 2.05) is 24.3 Å². The Morgan fingerprint density at radius 1 is 0.935 bits per heavy atom. The molecule has 0 aromatic heterocycles. The fourth-order valence-electron chi connectivity index (χ4n) is 6.37. The Labute approximate surface area is 187 Å². The van der Waals surface area contributed by atoms with E-state index in [-0.39, 0.29) is 5.91 Å². The Kier molecular flexibility index (Phi) is 4.53. The van der Waals surface area contributed by atoms with Crippen molar-refractivity contribution in [1.29, 1.82) is 0 Å². The summed E-state index contributed by atoms with van der Waals surface area (Å²) in [5, 5.41) is 7.36. The van der Waals surface area contributed by atoms with Crippen molar-refractivity contribution < 1.29 is 4.79 Å². The van der Waals surface area contributed by atoms with Crippen LogP contribution in [0.15, 0.2) is 72.8 Å². The summed E-state index contributed by atoms with van der Waals surface area (Å²) >= 11 is 6.24. The number of anilines is 2. The molecule has 156 valence electrons. The number of rotatable bonds is 3. The lowest BCUT2D eigenvalue weighted by Crippen LogP contribution is -2.35. The molecule has 3 aromatic carbocycles. The maximum atomic E-state index is 13.0. The topological polar surface area (TPSA) is 41.1 Å². The van der Waals surface area contributed by atoms with Crippen molar-refractivity contribution in [1.82, 2.24) is 0 Å². The number of fused-ring (bicyclic) bond motifs is 7. The molecule has 5 atom stereocenters. The van der Waals surface area contributed by atoms with Crippen LogP contribution in [0.1, 0.15) is 52.7 Å². The highest BCUT2D eigenvalue weighted by Gasteiger charge is 2.53. The molecule has 0 unspecified atom stereocenters. The summed E-state index contributed by atoms with van der Waals surface area (Å²) in [5.74, 6) is 2.50. The molecule has 0 spiro atoms. The molecule has 3 aromatic rings. The molecule has 2 N–H and O–H groups in total. The van der Waals surface area contributed by atoms with E-state index < -0.39 is 0 Å². The molecule has 31 heavy (non-hydrogen) atoms. The van der Waals surface area contributed by atoms with Gasteiger partial charge >= 0.3 is 0 Å². The van der Waals surface area contributed by atoms with Crippen LogP contribution in [-0.4, -0.2) is 5.91 Å². The molecule has 0 radical (unpaired) electrons. The van der Waals surface area contributed by atoms with Gasteiger partial charge in [-0.3, -0.25) is 4.79 Å². The first-order valence-corrected chi connectivity index (χ1v) is 11.6. The van der Waals surface area contributed by atoms with Crippen molar-refractivity contribution in [3.63, 3.8) is 0 Å². The molecule has 1 aliphatic heterocycles. The molecular formula is C27H25ClN2O. The van der Waals surface area contributed by atoms with Gasteiger partial charge in [0.1, 0.15) is 0 Å². The second-order valence-electron chi connectivity index (χ2n) is 9.21. The molecule has 2 saturated carbocycles. The van der Waals surface area contributed by atoms with E-state index in [0.29, 0.717) is 34.2 Å². The third kappa shape index (κ3) is 3.14. The Bertz CT molecular complexity index is 1140. The minimum Gasteiger partial charge on any atom is -0.378 e. The lowest BCUT2D eigenvalue weighted by molar-refractivity contribution is 0.102. The van der Waals surface area contributed by atoms with Gasteiger partial charge in [-0.15, -0.1) is 0 Å². The first kappa shape index (κ1) is 18.9. The Balaban J connectivity index is 1.36. The molecule has 3 aliphatic rings. The average Bonchev–Trinajstić information content (AvgIpc) is 3.43. The van der Waals surface area contributed by atoms with Gasteiger partial charge in [0.15, 0.2) is 0 Å². The first-order valence-electron chi connectivity index (χ1n) is 11.2. The smallest absolute Gasteiger partial charge is 0.255 e. The van der Waals surface area contributed by atoms with Gasteiger partial charge in [0.05, 0.1) is 16.8 Å². The van der Waals surface area contributed by atoms with Gasteiger partial charge in [-0.2, -0.15) is 0 Å². The van der Waals surface area contributed by atoms with Gasteiger partial charge in [-0.1, -0.05) is 54.1 Å². The second kappa shape index (κ2) is 7.42. The molecule has 6 rings (SSSR count). The van der Waals surface area contributed by atoms with Crippen LogP contribution >= 0.6 is 11.6 Å². The molecule has 1 heterocycles. The van der Waals surface area contributed by atoms with E-state index in [1.165, 1.54) is 36.1 Å². The SMILES string of the molecule is O=C(Nc1ccccc1Cl)c1ccc2c(c1)[C@H]1[C@H]3CC[C@@H](C3)[C@H]1[C@H](c1ccccc1)N2. The van der Waals surface area contributed by atoms with Gasteiger partial charge in [0.25, 0.3) is 5.91 Å². The minimum atomic E-state index is -0.110. The highest BCUT2D eigenvalue weighted by Crippen LogP contribution is 2.63. The molecule has 2 bridgehead atoms. The number of nitrogens with one attached hydrogen (secondary N) is 2. The van der Waals surface area contributed by atoms with Crippen molar-refractivity contribution in [2.24, 2.45) is 17.8 Å². The van der Waals surface area contributed by atoms with Crippen LogP contribution in [0, 0.1) is 17.8 Å². The Morgan fingerprint density at radius 3 is 2.55 bits per heavy atom. The lowest BCUT2D eigenvalue weighted by atomic mass is 9.68. The van der Waals surface area contributed by atoms with Gasteiger partial charge in [-0.25, -0.2) is 0 Å². The molecule has 4 heteroatoms. The fraction of sp³-hybridized carbons (Fsp3) is 0.296. The van der Waals surface area contributed by atoms with Crippen molar-refractivity contribution in [3.05, 3.63) is 94.5 Å². The third-order valence-electron chi connectivity index (χ3n) is 7.63. The summed E-state index contributed by atoms with van der Waals surface area (Å²) < 4.78 is 0. The summed E-state index contributed by atoms with van der Waals surface area (Å²) in [5.41, 5.74) is 5.21. The first-order chi connectivity index (χ1) is 15.2. The van der Waals surface area contributed by atoms with Crippen LogP contribution in [0.3, 0.4) is 0 Å². The van der Waals surface area contributed by atoms with Gasteiger partial charge in [0, 0.05) is 11.3 Å². The zero-order chi connectivity index (χ0) is 20.9. The van der Waals surface area contributed by atoms with Crippen LogP contribution < -0.4 is 10.6 Å². The maximum Gasteiger partial charge on any atom is 0.255 e. The number of benzene rings is 3. The van der Waals surface area contributed by atoms with Gasteiger partial charge in [-0.05, 0) is 84.4 Å². The number of para-hydroxylation sites is 1. The van der Waals surface area contributed by atoms with E-state index in [4.69, 9.17) is 11.6 Å². The van der Waals surface area contributed by atoms with Crippen molar-refractivity contribution in [3.8, 4) is 0 Å². The normalized spacial score (nSPS) is 27.8. The molecular weight excluding hydrogens is 404 g/mol. The standard InChI is InChI=1S/C27H25ClN2O/c28-21-8-4-5-9-23(21)30-27(31)19-12-13-22-20(15-19)24-17-10-11-18(14-17)25(24)26(29-22)16-6-2-1-3-7-16/h1-9,12-13,15,17-18,24-26,29H,10-11,14H2,(H,30,31)/t17-,18-,24+,25+,26-/m0/s1. The van der Waals surface area contributed by atoms with E-state index in [1.54, 1.807) is 6.07 Å². The van der Waals surface area contributed by atoms with E-state index in [9.17, 15) is 4.79 Å². The zero-order valence-corrected chi connectivity index (χ0v) is 18.0. The van der Waals surface area contributed by atoms with Crippen molar-refractivity contribution >= 4 is 28.9 Å². The maximum absolute atomic E-state index is 13.0. The highest BCUT2D eigenvalue weighted by molar-refractivity contribution is 6.33. The summed E-state index contributed by atoms with van der Waals surface area (Å²) in [6.07, 6.45) is 3.96. The van der Waals surface area contributed by atoms with Gasteiger partial charge in [0.2, 0.25) is 0 Å². The number of amides is 1. The van der Waals surface area contributed by atoms with Crippen molar-refractivity contribution in [2.45, 2.75) is 31.2 Å². The van der Waals surface area contributed by atoms with E-state index in [0.717, 1.165) is 11.8 Å². The Morgan fingerprint density at radius 2 is 1.71 bits per heavy atom. The van der Waals surface area contributed by atoms with Crippen LogP contribution in [0.4, 0.5) is 11.4 Å². The number of hydrogen-bond acceptors (Lipinski definition) is 2. The van der Waals surface area contributed by atoms with Crippen LogP contribution in [-0.2, 0) is 0 Å². The fourth-order valence-corrected chi connectivity index (χ4v) is 6.56. The highest BCUT2D eigenvalue weighted by atomic mass is 35.5. The summed E-state index contributed by atoms with van der Waals surface area (Å²) in [6.45, 7) is 0. The van der Waals surface area contributed by atoms with Crippen molar-refractivity contribution in [2.75, 3.05) is 10.6 Å². The molecule has 3 nitrogen and oxygen atoms in total. The average molecular weight is 429 g/mol. The molecule has 1 amide bonds. The third-order valence-corrected chi connectivity index (χ3v) is 7.96. The largest absolute Gasteiger partial charge is 0.378 e. The summed E-state index contributed by atoms with van der Waals surface area (Å²) in [4.78, 5) is 13.0. The van der Waals surface area contributed by atoms with Crippen LogP contribution in [0.25, 0.3) is 0 Å². The number of hydrogen-bond donors (Lipinski definition) is 2. The number of halogens is 1. The van der Waals surface area contributed by atoms with Crippen LogP contribution in [0.2, 0.25) is 5.02 Å². The lowest BCUT2D eigenvalue weighted by Gasteiger charge is -2.43. The number of carbonyl (C=O) groups excluding carboxylic acids is 1. The van der Waals surface area contributed by atoms with Gasteiger partial charge < -0.3 is 10.6 Å². The summed E-state index contributed by atoms with van der Waals surface area (Å²) in [7, 11) is 0. The van der Waals surface area contributed by atoms with E-state index >= 15 is 0 Å².